The Hall–Kier alpha value is -2.56. The molecule has 0 aliphatic rings. The number of thiophene rings is 1. The van der Waals surface area contributed by atoms with Gasteiger partial charge in [-0.15, -0.1) is 11.3 Å². The molecule has 2 aromatic heterocycles. The minimum atomic E-state index is -3.59. The molecule has 8 nitrogen and oxygen atoms in total. The van der Waals surface area contributed by atoms with Gasteiger partial charge >= 0.3 is 0 Å². The second-order valence-corrected chi connectivity index (χ2v) is 9.27. The van der Waals surface area contributed by atoms with Crippen molar-refractivity contribution in [1.82, 2.24) is 19.3 Å². The van der Waals surface area contributed by atoms with Gasteiger partial charge in [-0.25, -0.2) is 8.42 Å². The fraction of sp³-hybridized carbons (Fsp3) is 0.278. The first-order valence-corrected chi connectivity index (χ1v) is 11.1. The maximum atomic E-state index is 13.1. The number of sulfonamides is 1. The monoisotopic (exact) mass is 420 g/mol. The van der Waals surface area contributed by atoms with Crippen LogP contribution in [0.5, 0.6) is 0 Å². The van der Waals surface area contributed by atoms with E-state index in [1.807, 2.05) is 17.5 Å². The molecule has 1 atom stereocenters. The molecule has 3 aromatic rings. The number of likely N-dealkylation sites (N-methyl/N-ethyl adjacent to an activating group) is 2. The summed E-state index contributed by atoms with van der Waals surface area (Å²) >= 11 is 1.48. The zero-order chi connectivity index (χ0) is 20.3. The number of nitrogens with zero attached hydrogens (tertiary/aromatic N) is 4. The molecular formula is C18H20N4O4S2. The lowest BCUT2D eigenvalue weighted by Gasteiger charge is -2.29. The summed E-state index contributed by atoms with van der Waals surface area (Å²) in [5.74, 6) is 0.335. The molecule has 1 amide bonds. The SMILES string of the molecule is CN(Cc1nc(-c2cccs2)no1)C(=O)C(c1ccccc1)N(C)S(C)(=O)=O. The Bertz CT molecular complexity index is 1030. The molecule has 0 saturated carbocycles. The molecule has 10 heteroatoms. The molecule has 0 fully saturated rings. The minimum absolute atomic E-state index is 0.0676. The molecule has 0 aliphatic heterocycles. The Morgan fingerprint density at radius 3 is 2.50 bits per heavy atom. The summed E-state index contributed by atoms with van der Waals surface area (Å²) in [4.78, 5) is 19.7. The maximum Gasteiger partial charge on any atom is 0.246 e. The highest BCUT2D eigenvalue weighted by molar-refractivity contribution is 7.88. The van der Waals surface area contributed by atoms with E-state index < -0.39 is 22.0 Å². The molecule has 0 saturated heterocycles. The van der Waals surface area contributed by atoms with Crippen molar-refractivity contribution in [2.45, 2.75) is 12.6 Å². The van der Waals surface area contributed by atoms with E-state index >= 15 is 0 Å². The number of carbonyl (C=O) groups is 1. The predicted molar refractivity (Wildman–Crippen MR) is 106 cm³/mol. The summed E-state index contributed by atoms with van der Waals surface area (Å²) in [6.07, 6.45) is 1.07. The van der Waals surface area contributed by atoms with Crippen molar-refractivity contribution in [3.8, 4) is 10.7 Å². The van der Waals surface area contributed by atoms with Crippen molar-refractivity contribution in [2.75, 3.05) is 20.4 Å². The van der Waals surface area contributed by atoms with Crippen LogP contribution in [0.3, 0.4) is 0 Å². The average Bonchev–Trinajstić information content (AvgIpc) is 3.33. The highest BCUT2D eigenvalue weighted by Crippen LogP contribution is 2.25. The Morgan fingerprint density at radius 2 is 1.89 bits per heavy atom. The number of benzene rings is 1. The summed E-state index contributed by atoms with van der Waals surface area (Å²) in [6, 6.07) is 11.5. The average molecular weight is 421 g/mol. The third kappa shape index (κ3) is 4.46. The molecule has 0 aliphatic carbocycles. The number of hydrogen-bond acceptors (Lipinski definition) is 7. The lowest BCUT2D eigenvalue weighted by Crippen LogP contribution is -2.41. The van der Waals surface area contributed by atoms with Crippen molar-refractivity contribution in [3.63, 3.8) is 0 Å². The van der Waals surface area contributed by atoms with Crippen LogP contribution in [0.1, 0.15) is 17.5 Å². The largest absolute Gasteiger partial charge is 0.337 e. The second kappa shape index (κ2) is 8.21. The van der Waals surface area contributed by atoms with Gasteiger partial charge in [-0.3, -0.25) is 4.79 Å². The zero-order valence-corrected chi connectivity index (χ0v) is 17.3. The van der Waals surface area contributed by atoms with Crippen molar-refractivity contribution in [3.05, 3.63) is 59.3 Å². The molecule has 0 bridgehead atoms. The van der Waals surface area contributed by atoms with Gasteiger partial charge in [0.05, 0.1) is 17.7 Å². The van der Waals surface area contributed by atoms with E-state index in [1.165, 1.54) is 23.3 Å². The normalized spacial score (nSPS) is 12.9. The summed E-state index contributed by atoms with van der Waals surface area (Å²) in [5, 5.41) is 5.84. The summed E-state index contributed by atoms with van der Waals surface area (Å²) in [6.45, 7) is 0.0676. The van der Waals surface area contributed by atoms with Crippen LogP contribution in [-0.2, 0) is 21.4 Å². The van der Waals surface area contributed by atoms with Gasteiger partial charge in [0, 0.05) is 14.1 Å². The maximum absolute atomic E-state index is 13.1. The van der Waals surface area contributed by atoms with Gasteiger partial charge in [0.25, 0.3) is 0 Å². The molecule has 1 unspecified atom stereocenters. The number of rotatable bonds is 7. The van der Waals surface area contributed by atoms with Crippen LogP contribution < -0.4 is 0 Å². The first-order chi connectivity index (χ1) is 13.3. The standard InChI is InChI=1S/C18H20N4O4S2/c1-21(12-15-19-17(20-26-15)14-10-7-11-27-14)18(23)16(22(2)28(3,24)25)13-8-5-4-6-9-13/h4-11,16H,12H2,1-3H3. The lowest BCUT2D eigenvalue weighted by atomic mass is 10.1. The van der Waals surface area contributed by atoms with E-state index in [-0.39, 0.29) is 12.4 Å². The Morgan fingerprint density at radius 1 is 1.18 bits per heavy atom. The van der Waals surface area contributed by atoms with Crippen LogP contribution in [0.4, 0.5) is 0 Å². The van der Waals surface area contributed by atoms with E-state index in [9.17, 15) is 13.2 Å². The van der Waals surface area contributed by atoms with Gasteiger partial charge in [-0.05, 0) is 17.0 Å². The van der Waals surface area contributed by atoms with Crippen molar-refractivity contribution in [1.29, 1.82) is 0 Å². The molecule has 3 rings (SSSR count). The van der Waals surface area contributed by atoms with Crippen molar-refractivity contribution >= 4 is 27.3 Å². The number of hydrogen-bond donors (Lipinski definition) is 0. The number of aromatic nitrogens is 2. The van der Waals surface area contributed by atoms with Crippen molar-refractivity contribution in [2.24, 2.45) is 0 Å². The van der Waals surface area contributed by atoms with Gasteiger partial charge in [-0.1, -0.05) is 41.6 Å². The van der Waals surface area contributed by atoms with Crippen LogP contribution in [0.2, 0.25) is 0 Å². The predicted octanol–water partition coefficient (Wildman–Crippen LogP) is 2.39. The Labute approximate surface area is 167 Å². The first-order valence-electron chi connectivity index (χ1n) is 8.37. The minimum Gasteiger partial charge on any atom is -0.337 e. The van der Waals surface area contributed by atoms with E-state index in [0.717, 1.165) is 15.4 Å². The molecule has 0 spiro atoms. The van der Waals surface area contributed by atoms with E-state index in [2.05, 4.69) is 10.1 Å². The van der Waals surface area contributed by atoms with Gasteiger partial charge in [0.15, 0.2) is 0 Å². The van der Waals surface area contributed by atoms with Crippen LogP contribution in [0, 0.1) is 0 Å². The third-order valence-corrected chi connectivity index (χ3v) is 6.32. The van der Waals surface area contributed by atoms with Gasteiger partial charge < -0.3 is 9.42 Å². The molecule has 28 heavy (non-hydrogen) atoms. The van der Waals surface area contributed by atoms with E-state index in [4.69, 9.17) is 4.52 Å². The highest BCUT2D eigenvalue weighted by atomic mass is 32.2. The van der Waals surface area contributed by atoms with Crippen molar-refractivity contribution < 1.29 is 17.7 Å². The van der Waals surface area contributed by atoms with E-state index in [0.29, 0.717) is 11.4 Å². The van der Waals surface area contributed by atoms with Crippen LogP contribution in [0.15, 0.2) is 52.4 Å². The molecule has 0 N–H and O–H groups in total. The zero-order valence-electron chi connectivity index (χ0n) is 15.6. The quantitative estimate of drug-likeness (QED) is 0.582. The molecule has 2 heterocycles. The molecule has 148 valence electrons. The summed E-state index contributed by atoms with van der Waals surface area (Å²) < 4.78 is 30.5. The lowest BCUT2D eigenvalue weighted by molar-refractivity contribution is -0.134. The fourth-order valence-electron chi connectivity index (χ4n) is 2.65. The molecule has 0 radical (unpaired) electrons. The second-order valence-electron chi connectivity index (χ2n) is 6.28. The topological polar surface area (TPSA) is 96.6 Å². The highest BCUT2D eigenvalue weighted by Gasteiger charge is 2.33. The van der Waals surface area contributed by atoms with Gasteiger partial charge in [0.2, 0.25) is 27.6 Å². The Kier molecular flexibility index (Phi) is 5.92. The third-order valence-electron chi connectivity index (χ3n) is 4.19. The first kappa shape index (κ1) is 20.2. The fourth-order valence-corrected chi connectivity index (χ4v) is 3.89. The van der Waals surface area contributed by atoms with E-state index in [1.54, 1.807) is 37.4 Å². The molecule has 1 aromatic carbocycles. The smallest absolute Gasteiger partial charge is 0.246 e. The number of carbonyl (C=O) groups excluding carboxylic acids is 1. The van der Waals surface area contributed by atoms with Crippen LogP contribution in [-0.4, -0.2) is 54.0 Å². The van der Waals surface area contributed by atoms with Gasteiger partial charge in [0.1, 0.15) is 6.04 Å². The van der Waals surface area contributed by atoms with Crippen LogP contribution in [0.25, 0.3) is 10.7 Å². The Balaban J connectivity index is 1.82. The van der Waals surface area contributed by atoms with Crippen LogP contribution >= 0.6 is 11.3 Å². The summed E-state index contributed by atoms with van der Waals surface area (Å²) in [7, 11) is -0.629. The van der Waals surface area contributed by atoms with Gasteiger partial charge in [-0.2, -0.15) is 9.29 Å². The number of amides is 1. The molecular weight excluding hydrogens is 400 g/mol. The summed E-state index contributed by atoms with van der Waals surface area (Å²) in [5.41, 5.74) is 0.581.